The van der Waals surface area contributed by atoms with E-state index in [0.717, 1.165) is 45.5 Å². The lowest BCUT2D eigenvalue weighted by Gasteiger charge is -2.13. The lowest BCUT2D eigenvalue weighted by molar-refractivity contribution is -0.113. The number of benzene rings is 2. The molecule has 3 aromatic rings. The van der Waals surface area contributed by atoms with Crippen LogP contribution in [0.25, 0.3) is 11.4 Å². The minimum Gasteiger partial charge on any atom is -0.325 e. The number of aromatic nitrogens is 3. The zero-order valence-corrected chi connectivity index (χ0v) is 17.9. The zero-order valence-electron chi connectivity index (χ0n) is 17.0. The monoisotopic (exact) mass is 394 g/mol. The lowest BCUT2D eigenvalue weighted by atomic mass is 10.1. The van der Waals surface area contributed by atoms with Crippen molar-refractivity contribution >= 4 is 23.4 Å². The summed E-state index contributed by atoms with van der Waals surface area (Å²) in [5.74, 6) is 1.09. The molecule has 0 saturated carbocycles. The van der Waals surface area contributed by atoms with Crippen LogP contribution in [0.3, 0.4) is 0 Å². The van der Waals surface area contributed by atoms with Gasteiger partial charge in [-0.05, 0) is 51.3 Å². The van der Waals surface area contributed by atoms with Crippen molar-refractivity contribution in [3.63, 3.8) is 0 Å². The summed E-state index contributed by atoms with van der Waals surface area (Å²) >= 11 is 1.41. The first-order chi connectivity index (χ1) is 13.4. The maximum absolute atomic E-state index is 12.5. The summed E-state index contributed by atoms with van der Waals surface area (Å²) in [6.07, 6.45) is 0. The molecule has 0 aliphatic carbocycles. The van der Waals surface area contributed by atoms with Crippen LogP contribution in [0.2, 0.25) is 0 Å². The van der Waals surface area contributed by atoms with Gasteiger partial charge in [0.2, 0.25) is 5.91 Å². The molecule has 0 radical (unpaired) electrons. The summed E-state index contributed by atoms with van der Waals surface area (Å²) in [5, 5.41) is 12.5. The molecule has 5 nitrogen and oxygen atoms in total. The van der Waals surface area contributed by atoms with E-state index in [1.54, 1.807) is 0 Å². The summed E-state index contributed by atoms with van der Waals surface area (Å²) in [6, 6.07) is 12.3. The minimum absolute atomic E-state index is 0.0388. The summed E-state index contributed by atoms with van der Waals surface area (Å²) in [7, 11) is 0. The second-order valence-corrected chi connectivity index (χ2v) is 7.92. The van der Waals surface area contributed by atoms with E-state index < -0.39 is 0 Å². The van der Waals surface area contributed by atoms with Crippen LogP contribution >= 0.6 is 11.8 Å². The Hall–Kier alpha value is -2.60. The lowest BCUT2D eigenvalue weighted by Crippen LogP contribution is -2.16. The van der Waals surface area contributed by atoms with Crippen LogP contribution in [0.4, 0.5) is 5.69 Å². The van der Waals surface area contributed by atoms with E-state index in [2.05, 4.69) is 65.1 Å². The summed E-state index contributed by atoms with van der Waals surface area (Å²) in [4.78, 5) is 12.5. The Labute approximate surface area is 170 Å². The molecule has 0 aliphatic heterocycles. The van der Waals surface area contributed by atoms with E-state index in [0.29, 0.717) is 5.75 Å². The predicted molar refractivity (Wildman–Crippen MR) is 116 cm³/mol. The van der Waals surface area contributed by atoms with E-state index in [1.807, 2.05) is 26.0 Å². The Bertz CT molecular complexity index is 987. The topological polar surface area (TPSA) is 59.8 Å². The molecule has 0 bridgehead atoms. The number of aryl methyl sites for hydroxylation is 4. The summed E-state index contributed by atoms with van der Waals surface area (Å²) in [5.41, 5.74) is 6.48. The normalized spacial score (nSPS) is 10.9. The highest BCUT2D eigenvalue weighted by Crippen LogP contribution is 2.27. The molecule has 6 heteroatoms. The third kappa shape index (κ3) is 4.28. The van der Waals surface area contributed by atoms with Crippen LogP contribution < -0.4 is 5.32 Å². The highest BCUT2D eigenvalue weighted by molar-refractivity contribution is 7.99. The van der Waals surface area contributed by atoms with E-state index in [-0.39, 0.29) is 5.91 Å². The number of hydrogen-bond donors (Lipinski definition) is 1. The van der Waals surface area contributed by atoms with Crippen molar-refractivity contribution in [3.8, 4) is 11.4 Å². The van der Waals surface area contributed by atoms with Gasteiger partial charge < -0.3 is 9.88 Å². The Morgan fingerprint density at radius 3 is 2.36 bits per heavy atom. The maximum Gasteiger partial charge on any atom is 0.234 e. The van der Waals surface area contributed by atoms with Crippen molar-refractivity contribution < 1.29 is 4.79 Å². The average Bonchev–Trinajstić information content (AvgIpc) is 3.06. The number of rotatable bonds is 6. The highest BCUT2D eigenvalue weighted by Gasteiger charge is 2.16. The van der Waals surface area contributed by atoms with Gasteiger partial charge in [0.15, 0.2) is 11.0 Å². The quantitative estimate of drug-likeness (QED) is 0.602. The van der Waals surface area contributed by atoms with Crippen LogP contribution in [0, 0.1) is 27.7 Å². The molecule has 0 atom stereocenters. The predicted octanol–water partition coefficient (Wildman–Crippen LogP) is 4.93. The van der Waals surface area contributed by atoms with Crippen molar-refractivity contribution in [1.82, 2.24) is 14.8 Å². The van der Waals surface area contributed by atoms with Crippen LogP contribution in [0.1, 0.15) is 29.2 Å². The number of anilines is 1. The Morgan fingerprint density at radius 1 is 1.04 bits per heavy atom. The highest BCUT2D eigenvalue weighted by atomic mass is 32.2. The van der Waals surface area contributed by atoms with Gasteiger partial charge in [-0.25, -0.2) is 0 Å². The van der Waals surface area contributed by atoms with Crippen molar-refractivity contribution in [1.29, 1.82) is 0 Å². The van der Waals surface area contributed by atoms with E-state index in [1.165, 1.54) is 17.3 Å². The average molecular weight is 395 g/mol. The number of nitrogens with one attached hydrogen (secondary N) is 1. The number of carbonyl (C=O) groups is 1. The third-order valence-corrected chi connectivity index (χ3v) is 5.66. The minimum atomic E-state index is -0.0388. The van der Waals surface area contributed by atoms with Crippen molar-refractivity contribution in [2.45, 2.75) is 46.3 Å². The molecule has 0 aliphatic rings. The second-order valence-electron chi connectivity index (χ2n) is 6.98. The van der Waals surface area contributed by atoms with E-state index in [4.69, 9.17) is 0 Å². The Kier molecular flexibility index (Phi) is 6.19. The number of thioether (sulfide) groups is 1. The van der Waals surface area contributed by atoms with Gasteiger partial charge in [0, 0.05) is 17.8 Å². The van der Waals surface area contributed by atoms with Gasteiger partial charge in [-0.2, -0.15) is 0 Å². The molecule has 0 saturated heterocycles. The SMILES string of the molecule is CCn1c(SCC(=O)Nc2c(C)cc(C)cc2C)nnc1-c1ccccc1C. The third-order valence-electron chi connectivity index (χ3n) is 4.69. The molecule has 146 valence electrons. The summed E-state index contributed by atoms with van der Waals surface area (Å²) < 4.78 is 2.06. The molecule has 0 fully saturated rings. The van der Waals surface area contributed by atoms with Crippen LogP contribution in [0.15, 0.2) is 41.6 Å². The number of hydrogen-bond acceptors (Lipinski definition) is 4. The zero-order chi connectivity index (χ0) is 20.3. The Morgan fingerprint density at radius 2 is 1.71 bits per heavy atom. The smallest absolute Gasteiger partial charge is 0.234 e. The fourth-order valence-electron chi connectivity index (χ4n) is 3.39. The van der Waals surface area contributed by atoms with Gasteiger partial charge in [-0.1, -0.05) is 53.7 Å². The molecular formula is C22H26N4OS. The molecule has 28 heavy (non-hydrogen) atoms. The summed E-state index contributed by atoms with van der Waals surface area (Å²) in [6.45, 7) is 11.0. The standard InChI is InChI=1S/C22H26N4OS/c1-6-26-21(18-10-8-7-9-15(18)3)24-25-22(26)28-13-19(27)23-20-16(4)11-14(2)12-17(20)5/h7-12H,6,13H2,1-5H3,(H,23,27). The van der Waals surface area contributed by atoms with Crippen molar-refractivity contribution in [2.24, 2.45) is 0 Å². The number of amides is 1. The largest absolute Gasteiger partial charge is 0.325 e. The van der Waals surface area contributed by atoms with E-state index >= 15 is 0 Å². The Balaban J connectivity index is 1.73. The van der Waals surface area contributed by atoms with Gasteiger partial charge in [0.05, 0.1) is 5.75 Å². The first kappa shape index (κ1) is 20.1. The number of nitrogens with zero attached hydrogens (tertiary/aromatic N) is 3. The van der Waals surface area contributed by atoms with Crippen LogP contribution in [-0.4, -0.2) is 26.4 Å². The van der Waals surface area contributed by atoms with Crippen LogP contribution in [0.5, 0.6) is 0 Å². The molecule has 0 unspecified atom stereocenters. The van der Waals surface area contributed by atoms with Crippen molar-refractivity contribution in [2.75, 3.05) is 11.1 Å². The van der Waals surface area contributed by atoms with Gasteiger partial charge in [-0.3, -0.25) is 4.79 Å². The fraction of sp³-hybridized carbons (Fsp3) is 0.318. The number of carbonyl (C=O) groups excluding carboxylic acids is 1. The second kappa shape index (κ2) is 8.61. The van der Waals surface area contributed by atoms with Gasteiger partial charge in [0.25, 0.3) is 0 Å². The molecule has 1 aromatic heterocycles. The molecule has 1 heterocycles. The maximum atomic E-state index is 12.5. The molecule has 3 rings (SSSR count). The molecular weight excluding hydrogens is 368 g/mol. The first-order valence-electron chi connectivity index (χ1n) is 9.40. The molecule has 1 N–H and O–H groups in total. The van der Waals surface area contributed by atoms with Gasteiger partial charge in [-0.15, -0.1) is 10.2 Å². The van der Waals surface area contributed by atoms with E-state index in [9.17, 15) is 4.79 Å². The molecule has 1 amide bonds. The molecule has 0 spiro atoms. The van der Waals surface area contributed by atoms with Crippen molar-refractivity contribution in [3.05, 3.63) is 58.7 Å². The van der Waals surface area contributed by atoms with Gasteiger partial charge in [0.1, 0.15) is 0 Å². The molecule has 2 aromatic carbocycles. The van der Waals surface area contributed by atoms with Gasteiger partial charge >= 0.3 is 0 Å². The fourth-order valence-corrected chi connectivity index (χ4v) is 4.19. The van der Waals surface area contributed by atoms with Crippen LogP contribution in [-0.2, 0) is 11.3 Å². The first-order valence-corrected chi connectivity index (χ1v) is 10.4.